The van der Waals surface area contributed by atoms with E-state index in [1.54, 1.807) is 0 Å². The summed E-state index contributed by atoms with van der Waals surface area (Å²) in [6, 6.07) is 4.07. The van der Waals surface area contributed by atoms with Crippen LogP contribution in [0.4, 0.5) is 0 Å². The molecule has 0 unspecified atom stereocenters. The van der Waals surface area contributed by atoms with Crippen LogP contribution in [0.5, 0.6) is 0 Å². The Balaban J connectivity index is 1.75. The summed E-state index contributed by atoms with van der Waals surface area (Å²) in [5.41, 5.74) is 0. The van der Waals surface area contributed by atoms with Gasteiger partial charge in [0.15, 0.2) is 0 Å². The zero-order chi connectivity index (χ0) is 12.3. The highest BCUT2D eigenvalue weighted by Crippen LogP contribution is 2.25. The topological polar surface area (TPSA) is 36.6 Å². The second-order valence-corrected chi connectivity index (χ2v) is 5.38. The molecule has 1 aromatic rings. The first kappa shape index (κ1) is 12.7. The van der Waals surface area contributed by atoms with Crippen LogP contribution in [0.1, 0.15) is 37.2 Å². The Bertz CT molecular complexity index is 340. The average Bonchev–Trinajstić information content (AvgIpc) is 2.67. The summed E-state index contributed by atoms with van der Waals surface area (Å²) in [4.78, 5) is 2.32. The molecule has 0 saturated heterocycles. The second kappa shape index (κ2) is 5.69. The van der Waals surface area contributed by atoms with Gasteiger partial charge in [-0.2, -0.15) is 0 Å². The fourth-order valence-corrected chi connectivity index (χ4v) is 2.67. The predicted octanol–water partition coefficient (Wildman–Crippen LogP) is 2.57. The molecule has 1 saturated carbocycles. The molecule has 1 fully saturated rings. The summed E-state index contributed by atoms with van der Waals surface area (Å²) >= 11 is 0. The van der Waals surface area contributed by atoms with E-state index in [4.69, 9.17) is 4.42 Å². The molecule has 1 N–H and O–H groups in total. The molecule has 1 heterocycles. The molecule has 17 heavy (non-hydrogen) atoms. The van der Waals surface area contributed by atoms with Crippen LogP contribution in [0.2, 0.25) is 0 Å². The highest BCUT2D eigenvalue weighted by Gasteiger charge is 2.20. The molecule has 0 aliphatic heterocycles. The van der Waals surface area contributed by atoms with Gasteiger partial charge in [0.25, 0.3) is 0 Å². The standard InChI is InChI=1S/C14H23NO2/c1-11-3-8-14(17-11)10-15(2)9-12-4-6-13(16)7-5-12/h3,8,12-13,16H,4-7,9-10H2,1-2H3. The lowest BCUT2D eigenvalue weighted by Gasteiger charge is -2.28. The third kappa shape index (κ3) is 3.86. The molecular weight excluding hydrogens is 214 g/mol. The Morgan fingerprint density at radius 2 is 2.00 bits per heavy atom. The number of aryl methyl sites for hydroxylation is 1. The van der Waals surface area contributed by atoms with Gasteiger partial charge in [0, 0.05) is 6.54 Å². The number of furan rings is 1. The van der Waals surface area contributed by atoms with E-state index in [1.807, 2.05) is 13.0 Å². The zero-order valence-electron chi connectivity index (χ0n) is 10.9. The molecule has 2 rings (SSSR count). The molecule has 3 heteroatoms. The number of rotatable bonds is 4. The molecule has 1 aliphatic carbocycles. The molecule has 0 spiro atoms. The second-order valence-electron chi connectivity index (χ2n) is 5.38. The van der Waals surface area contributed by atoms with Gasteiger partial charge < -0.3 is 9.52 Å². The lowest BCUT2D eigenvalue weighted by molar-refractivity contribution is 0.0957. The molecule has 0 amide bonds. The van der Waals surface area contributed by atoms with Gasteiger partial charge in [-0.05, 0) is 57.7 Å². The van der Waals surface area contributed by atoms with Gasteiger partial charge in [0.05, 0.1) is 12.6 Å². The van der Waals surface area contributed by atoms with E-state index in [-0.39, 0.29) is 6.10 Å². The van der Waals surface area contributed by atoms with E-state index in [0.29, 0.717) is 0 Å². The van der Waals surface area contributed by atoms with Gasteiger partial charge in [-0.3, -0.25) is 4.90 Å². The number of aliphatic hydroxyl groups is 1. The van der Waals surface area contributed by atoms with Gasteiger partial charge in [-0.15, -0.1) is 0 Å². The first-order chi connectivity index (χ1) is 8.13. The van der Waals surface area contributed by atoms with Gasteiger partial charge in [0.1, 0.15) is 11.5 Å². The van der Waals surface area contributed by atoms with Crippen molar-refractivity contribution >= 4 is 0 Å². The summed E-state index contributed by atoms with van der Waals surface area (Å²) in [7, 11) is 2.14. The Kier molecular flexibility index (Phi) is 4.24. The number of aliphatic hydroxyl groups excluding tert-OH is 1. The van der Waals surface area contributed by atoms with Crippen LogP contribution < -0.4 is 0 Å². The molecular formula is C14H23NO2. The Morgan fingerprint density at radius 1 is 1.29 bits per heavy atom. The lowest BCUT2D eigenvalue weighted by atomic mass is 9.87. The minimum Gasteiger partial charge on any atom is -0.465 e. The number of hydrogen-bond acceptors (Lipinski definition) is 3. The van der Waals surface area contributed by atoms with Crippen molar-refractivity contribution in [2.45, 2.75) is 45.3 Å². The first-order valence-corrected chi connectivity index (χ1v) is 6.55. The van der Waals surface area contributed by atoms with Crippen molar-refractivity contribution in [2.24, 2.45) is 5.92 Å². The van der Waals surface area contributed by atoms with Gasteiger partial charge in [-0.1, -0.05) is 0 Å². The van der Waals surface area contributed by atoms with E-state index >= 15 is 0 Å². The zero-order valence-corrected chi connectivity index (χ0v) is 10.9. The average molecular weight is 237 g/mol. The van der Waals surface area contributed by atoms with Gasteiger partial charge in [0.2, 0.25) is 0 Å². The maximum atomic E-state index is 9.47. The monoisotopic (exact) mass is 237 g/mol. The summed E-state index contributed by atoms with van der Waals surface area (Å²) < 4.78 is 5.58. The summed E-state index contributed by atoms with van der Waals surface area (Å²) in [5, 5.41) is 9.47. The van der Waals surface area contributed by atoms with Gasteiger partial charge >= 0.3 is 0 Å². The van der Waals surface area contributed by atoms with Crippen molar-refractivity contribution in [3.8, 4) is 0 Å². The van der Waals surface area contributed by atoms with Crippen LogP contribution in [0.15, 0.2) is 16.5 Å². The van der Waals surface area contributed by atoms with E-state index < -0.39 is 0 Å². The van der Waals surface area contributed by atoms with Crippen molar-refractivity contribution < 1.29 is 9.52 Å². The molecule has 0 aromatic carbocycles. The summed E-state index contributed by atoms with van der Waals surface area (Å²) in [6.07, 6.45) is 4.20. The van der Waals surface area contributed by atoms with Crippen molar-refractivity contribution in [1.82, 2.24) is 4.90 Å². The van der Waals surface area contributed by atoms with Crippen LogP contribution in [-0.4, -0.2) is 29.7 Å². The maximum absolute atomic E-state index is 9.47. The van der Waals surface area contributed by atoms with Crippen molar-refractivity contribution in [3.05, 3.63) is 23.7 Å². The minimum atomic E-state index is -0.0516. The van der Waals surface area contributed by atoms with Crippen molar-refractivity contribution in [3.63, 3.8) is 0 Å². The molecule has 0 radical (unpaired) electrons. The predicted molar refractivity (Wildman–Crippen MR) is 67.7 cm³/mol. The normalized spacial score (nSPS) is 25.4. The van der Waals surface area contributed by atoms with Crippen molar-refractivity contribution in [1.29, 1.82) is 0 Å². The molecule has 3 nitrogen and oxygen atoms in total. The Hall–Kier alpha value is -0.800. The molecule has 1 aliphatic rings. The molecule has 0 atom stereocenters. The quantitative estimate of drug-likeness (QED) is 0.874. The van der Waals surface area contributed by atoms with Crippen molar-refractivity contribution in [2.75, 3.05) is 13.6 Å². The molecule has 0 bridgehead atoms. The number of nitrogens with zero attached hydrogens (tertiary/aromatic N) is 1. The fourth-order valence-electron chi connectivity index (χ4n) is 2.67. The van der Waals surface area contributed by atoms with E-state index in [2.05, 4.69) is 18.0 Å². The lowest BCUT2D eigenvalue weighted by Crippen LogP contribution is -2.29. The maximum Gasteiger partial charge on any atom is 0.118 e. The summed E-state index contributed by atoms with van der Waals surface area (Å²) in [6.45, 7) is 3.96. The van der Waals surface area contributed by atoms with Crippen LogP contribution in [0.3, 0.4) is 0 Å². The highest BCUT2D eigenvalue weighted by molar-refractivity contribution is 5.05. The Labute approximate surface area is 103 Å². The van der Waals surface area contributed by atoms with Crippen LogP contribution in [-0.2, 0) is 6.54 Å². The molecule has 96 valence electrons. The first-order valence-electron chi connectivity index (χ1n) is 6.55. The third-order valence-electron chi connectivity index (χ3n) is 3.61. The van der Waals surface area contributed by atoms with Crippen LogP contribution in [0, 0.1) is 12.8 Å². The van der Waals surface area contributed by atoms with Crippen LogP contribution >= 0.6 is 0 Å². The highest BCUT2D eigenvalue weighted by atomic mass is 16.3. The summed E-state index contributed by atoms with van der Waals surface area (Å²) in [5.74, 6) is 2.76. The minimum absolute atomic E-state index is 0.0516. The van der Waals surface area contributed by atoms with Gasteiger partial charge in [-0.25, -0.2) is 0 Å². The smallest absolute Gasteiger partial charge is 0.118 e. The van der Waals surface area contributed by atoms with Crippen LogP contribution in [0.25, 0.3) is 0 Å². The SMILES string of the molecule is Cc1ccc(CN(C)CC2CCC(O)CC2)o1. The Morgan fingerprint density at radius 3 is 2.59 bits per heavy atom. The fraction of sp³-hybridized carbons (Fsp3) is 0.714. The number of hydrogen-bond donors (Lipinski definition) is 1. The molecule has 1 aromatic heterocycles. The van der Waals surface area contributed by atoms with E-state index in [0.717, 1.165) is 56.2 Å². The largest absolute Gasteiger partial charge is 0.465 e. The van der Waals surface area contributed by atoms with E-state index in [1.165, 1.54) is 0 Å². The third-order valence-corrected chi connectivity index (χ3v) is 3.61. The van der Waals surface area contributed by atoms with E-state index in [9.17, 15) is 5.11 Å².